The number of rotatable bonds is 3. The van der Waals surface area contributed by atoms with Crippen molar-refractivity contribution in [2.24, 2.45) is 10.8 Å². The van der Waals surface area contributed by atoms with Crippen molar-refractivity contribution in [2.45, 2.75) is 33.1 Å². The highest BCUT2D eigenvalue weighted by atomic mass is 79.9. The number of hydrogen-bond donors (Lipinski definition) is 1. The number of halogens is 1. The van der Waals surface area contributed by atoms with Crippen LogP contribution in [-0.4, -0.2) is 11.1 Å². The van der Waals surface area contributed by atoms with Gasteiger partial charge in [0.25, 0.3) is 0 Å². The Kier molecular flexibility index (Phi) is 2.85. The van der Waals surface area contributed by atoms with Gasteiger partial charge in [-0.1, -0.05) is 48.8 Å². The van der Waals surface area contributed by atoms with E-state index in [1.54, 1.807) is 0 Å². The van der Waals surface area contributed by atoms with Crippen molar-refractivity contribution in [3.63, 3.8) is 0 Å². The van der Waals surface area contributed by atoms with E-state index in [4.69, 9.17) is 0 Å². The van der Waals surface area contributed by atoms with Crippen LogP contribution in [0.25, 0.3) is 0 Å². The van der Waals surface area contributed by atoms with Gasteiger partial charge in [0.2, 0.25) is 0 Å². The molecule has 0 radical (unpaired) electrons. The van der Waals surface area contributed by atoms with Crippen molar-refractivity contribution in [3.05, 3.63) is 34.3 Å². The summed E-state index contributed by atoms with van der Waals surface area (Å²) in [5.74, 6) is -0.552. The molecular formula is C14H17BrO2. The van der Waals surface area contributed by atoms with E-state index in [2.05, 4.69) is 29.8 Å². The zero-order valence-corrected chi connectivity index (χ0v) is 11.9. The molecule has 0 spiro atoms. The first-order valence-corrected chi connectivity index (χ1v) is 6.66. The molecule has 1 aliphatic rings. The molecule has 1 aromatic rings. The minimum Gasteiger partial charge on any atom is -0.481 e. The molecule has 3 heteroatoms. The van der Waals surface area contributed by atoms with Crippen LogP contribution in [0.3, 0.4) is 0 Å². The minimum atomic E-state index is -0.669. The topological polar surface area (TPSA) is 37.3 Å². The highest BCUT2D eigenvalue weighted by molar-refractivity contribution is 9.10. The van der Waals surface area contributed by atoms with Gasteiger partial charge in [-0.2, -0.15) is 0 Å². The quantitative estimate of drug-likeness (QED) is 0.913. The lowest BCUT2D eigenvalue weighted by molar-refractivity contribution is -0.145. The van der Waals surface area contributed by atoms with E-state index in [0.29, 0.717) is 6.42 Å². The second-order valence-electron chi connectivity index (χ2n) is 5.34. The standard InChI is InChI=1S/C14H17BrO2/c1-4-14(12(16)17)11(13(14,2)3)9-5-7-10(15)8-6-9/h5-8,11H,4H2,1-3H3,(H,16,17). The third-order valence-corrected chi connectivity index (χ3v) is 4.95. The Morgan fingerprint density at radius 2 is 1.88 bits per heavy atom. The molecule has 1 aliphatic carbocycles. The molecular weight excluding hydrogens is 280 g/mol. The van der Waals surface area contributed by atoms with E-state index in [0.717, 1.165) is 10.0 Å². The molecule has 1 aromatic carbocycles. The number of benzene rings is 1. The summed E-state index contributed by atoms with van der Waals surface area (Å²) in [5, 5.41) is 9.52. The van der Waals surface area contributed by atoms with Crippen LogP contribution < -0.4 is 0 Å². The molecule has 0 heterocycles. The van der Waals surface area contributed by atoms with Gasteiger partial charge in [0, 0.05) is 10.4 Å². The fourth-order valence-electron chi connectivity index (χ4n) is 3.42. The summed E-state index contributed by atoms with van der Waals surface area (Å²) >= 11 is 3.40. The van der Waals surface area contributed by atoms with Crippen LogP contribution >= 0.6 is 15.9 Å². The van der Waals surface area contributed by atoms with Crippen molar-refractivity contribution >= 4 is 21.9 Å². The lowest BCUT2D eigenvalue weighted by atomic mass is 9.93. The van der Waals surface area contributed by atoms with Gasteiger partial charge in [-0.05, 0) is 29.5 Å². The average molecular weight is 297 g/mol. The zero-order valence-electron chi connectivity index (χ0n) is 10.3. The van der Waals surface area contributed by atoms with Crippen molar-refractivity contribution in [1.29, 1.82) is 0 Å². The summed E-state index contributed by atoms with van der Waals surface area (Å²) < 4.78 is 1.03. The molecule has 1 N–H and O–H groups in total. The smallest absolute Gasteiger partial charge is 0.310 e. The van der Waals surface area contributed by atoms with Crippen LogP contribution in [0.4, 0.5) is 0 Å². The third-order valence-electron chi connectivity index (χ3n) is 4.42. The Bertz CT molecular complexity index is 450. The highest BCUT2D eigenvalue weighted by Crippen LogP contribution is 2.75. The Morgan fingerprint density at radius 3 is 2.24 bits per heavy atom. The van der Waals surface area contributed by atoms with Crippen LogP contribution in [0.1, 0.15) is 38.7 Å². The molecule has 0 aliphatic heterocycles. The first-order valence-electron chi connectivity index (χ1n) is 5.86. The summed E-state index contributed by atoms with van der Waals surface area (Å²) in [6.45, 7) is 6.07. The highest BCUT2D eigenvalue weighted by Gasteiger charge is 2.74. The van der Waals surface area contributed by atoms with E-state index in [-0.39, 0.29) is 11.3 Å². The molecule has 2 unspecified atom stereocenters. The van der Waals surface area contributed by atoms with Gasteiger partial charge in [-0.25, -0.2) is 0 Å². The summed E-state index contributed by atoms with van der Waals surface area (Å²) in [6.07, 6.45) is 0.677. The molecule has 2 rings (SSSR count). The Balaban J connectivity index is 2.41. The van der Waals surface area contributed by atoms with Crippen LogP contribution in [0, 0.1) is 10.8 Å². The number of aliphatic carboxylic acids is 1. The average Bonchev–Trinajstić information content (AvgIpc) is 2.77. The fraction of sp³-hybridized carbons (Fsp3) is 0.500. The van der Waals surface area contributed by atoms with Crippen molar-refractivity contribution < 1.29 is 9.90 Å². The Morgan fingerprint density at radius 1 is 1.35 bits per heavy atom. The summed E-state index contributed by atoms with van der Waals surface area (Å²) in [4.78, 5) is 11.6. The first kappa shape index (κ1) is 12.6. The van der Waals surface area contributed by atoms with Gasteiger partial charge in [-0.15, -0.1) is 0 Å². The van der Waals surface area contributed by atoms with Gasteiger partial charge in [-0.3, -0.25) is 4.79 Å². The van der Waals surface area contributed by atoms with Gasteiger partial charge in [0.05, 0.1) is 5.41 Å². The number of carboxylic acid groups (broad SMARTS) is 1. The van der Waals surface area contributed by atoms with Gasteiger partial charge < -0.3 is 5.11 Å². The first-order chi connectivity index (χ1) is 7.88. The number of hydrogen-bond acceptors (Lipinski definition) is 1. The lowest BCUT2D eigenvalue weighted by Crippen LogP contribution is -2.20. The monoisotopic (exact) mass is 296 g/mol. The predicted octanol–water partition coefficient (Wildman–Crippen LogP) is 4.05. The predicted molar refractivity (Wildman–Crippen MR) is 71.0 cm³/mol. The van der Waals surface area contributed by atoms with Crippen LogP contribution in [0.15, 0.2) is 28.7 Å². The molecule has 1 fully saturated rings. The fourth-order valence-corrected chi connectivity index (χ4v) is 3.68. The SMILES string of the molecule is CCC1(C(=O)O)C(c2ccc(Br)cc2)C1(C)C. The number of carboxylic acids is 1. The maximum absolute atomic E-state index is 11.6. The Hall–Kier alpha value is -0.830. The summed E-state index contributed by atoms with van der Waals surface area (Å²) in [6, 6.07) is 8.01. The second kappa shape index (κ2) is 3.84. The normalized spacial score (nSPS) is 30.0. The van der Waals surface area contributed by atoms with E-state index in [9.17, 15) is 9.90 Å². The summed E-state index contributed by atoms with van der Waals surface area (Å²) in [7, 11) is 0. The molecule has 0 bridgehead atoms. The van der Waals surface area contributed by atoms with Gasteiger partial charge in [0.15, 0.2) is 0 Å². The third kappa shape index (κ3) is 1.55. The minimum absolute atomic E-state index is 0.116. The maximum Gasteiger partial charge on any atom is 0.310 e. The van der Waals surface area contributed by atoms with Crippen molar-refractivity contribution in [3.8, 4) is 0 Å². The zero-order chi connectivity index (χ0) is 12.8. The van der Waals surface area contributed by atoms with E-state index in [1.165, 1.54) is 0 Å². The molecule has 1 saturated carbocycles. The van der Waals surface area contributed by atoms with E-state index >= 15 is 0 Å². The van der Waals surface area contributed by atoms with Crippen LogP contribution in [0.2, 0.25) is 0 Å². The van der Waals surface area contributed by atoms with Crippen LogP contribution in [-0.2, 0) is 4.79 Å². The molecule has 17 heavy (non-hydrogen) atoms. The molecule has 2 atom stereocenters. The largest absolute Gasteiger partial charge is 0.481 e. The maximum atomic E-state index is 11.6. The van der Waals surface area contributed by atoms with Crippen molar-refractivity contribution in [2.75, 3.05) is 0 Å². The Labute approximate surface area is 110 Å². The van der Waals surface area contributed by atoms with Gasteiger partial charge >= 0.3 is 5.97 Å². The van der Waals surface area contributed by atoms with E-state index in [1.807, 2.05) is 31.2 Å². The van der Waals surface area contributed by atoms with E-state index < -0.39 is 11.4 Å². The molecule has 92 valence electrons. The molecule has 0 amide bonds. The summed E-state index contributed by atoms with van der Waals surface area (Å²) in [5.41, 5.74) is 0.366. The molecule has 0 saturated heterocycles. The van der Waals surface area contributed by atoms with Gasteiger partial charge in [0.1, 0.15) is 0 Å². The lowest BCUT2D eigenvalue weighted by Gasteiger charge is -2.11. The van der Waals surface area contributed by atoms with Crippen molar-refractivity contribution in [1.82, 2.24) is 0 Å². The second-order valence-corrected chi connectivity index (χ2v) is 6.25. The molecule has 2 nitrogen and oxygen atoms in total. The number of carbonyl (C=O) groups is 1. The van der Waals surface area contributed by atoms with Crippen LogP contribution in [0.5, 0.6) is 0 Å². The molecule has 0 aromatic heterocycles.